The van der Waals surface area contributed by atoms with Crippen LogP contribution in [0.1, 0.15) is 35.7 Å². The van der Waals surface area contributed by atoms with Crippen molar-refractivity contribution in [2.45, 2.75) is 38.1 Å². The second-order valence-electron chi connectivity index (χ2n) is 8.04. The zero-order valence-electron chi connectivity index (χ0n) is 16.7. The van der Waals surface area contributed by atoms with E-state index >= 15 is 0 Å². The Morgan fingerprint density at radius 3 is 2.67 bits per heavy atom. The van der Waals surface area contributed by atoms with Crippen LogP contribution in [0.25, 0.3) is 0 Å². The third-order valence-corrected chi connectivity index (χ3v) is 6.66. The van der Waals surface area contributed by atoms with Gasteiger partial charge in [0.05, 0.1) is 6.42 Å². The Labute approximate surface area is 177 Å². The number of nitrogens with zero attached hydrogens (tertiary/aromatic N) is 2. The average Bonchev–Trinajstić information content (AvgIpc) is 3.25. The smallest absolute Gasteiger partial charge is 0.226 e. The normalized spacial score (nSPS) is 19.1. The summed E-state index contributed by atoms with van der Waals surface area (Å²) in [4.78, 5) is 12.6. The molecule has 2 aliphatic heterocycles. The van der Waals surface area contributed by atoms with Crippen molar-refractivity contribution in [3.8, 4) is 0 Å². The molecule has 162 valence electrons. The monoisotopic (exact) mass is 439 g/mol. The molecule has 30 heavy (non-hydrogen) atoms. The van der Waals surface area contributed by atoms with Gasteiger partial charge in [-0.2, -0.15) is 0 Å². The van der Waals surface area contributed by atoms with Gasteiger partial charge >= 0.3 is 0 Å². The first kappa shape index (κ1) is 21.1. The molecule has 0 aliphatic carbocycles. The molecule has 0 radical (unpaired) electrons. The Bertz CT molecular complexity index is 1030. The van der Waals surface area contributed by atoms with Crippen molar-refractivity contribution in [2.75, 3.05) is 19.8 Å². The van der Waals surface area contributed by atoms with Crippen LogP contribution in [0.4, 0.5) is 13.2 Å². The zero-order chi connectivity index (χ0) is 21.4. The number of aromatic nitrogens is 2. The summed E-state index contributed by atoms with van der Waals surface area (Å²) < 4.78 is 51.6. The highest BCUT2D eigenvalue weighted by Gasteiger charge is 2.33. The molecule has 0 unspecified atom stereocenters. The largest absolute Gasteiger partial charge is 0.381 e. The highest BCUT2D eigenvalue weighted by Crippen LogP contribution is 2.36. The Kier molecular flexibility index (Phi) is 6.02. The maximum Gasteiger partial charge on any atom is 0.226 e. The molecule has 1 atom stereocenters. The van der Waals surface area contributed by atoms with E-state index in [1.54, 1.807) is 16.2 Å². The summed E-state index contributed by atoms with van der Waals surface area (Å²) in [6.45, 7) is 2.29. The standard InChI is InChI=1S/C21H24F3N3O2S/c1-26-16(9-18(28)25-10-12-4-6-29-7-5-12)17-8-13(11-27(17)21(26)30)19-14(22)2-3-15(23)20(19)24/h2-3,12-13H,4-11H2,1H3,(H,25,28)/t13-/m1/s1. The first-order chi connectivity index (χ1) is 14.4. The maximum atomic E-state index is 14.3. The number of hydrogen-bond acceptors (Lipinski definition) is 3. The van der Waals surface area contributed by atoms with Gasteiger partial charge in [-0.1, -0.05) is 0 Å². The lowest BCUT2D eigenvalue weighted by molar-refractivity contribution is -0.120. The van der Waals surface area contributed by atoms with Crippen molar-refractivity contribution >= 4 is 18.1 Å². The third-order valence-electron chi connectivity index (χ3n) is 6.17. The van der Waals surface area contributed by atoms with Crippen LogP contribution in [-0.2, 0) is 36.0 Å². The molecule has 4 rings (SSSR count). The number of halogens is 3. The van der Waals surface area contributed by atoms with Crippen LogP contribution in [0.5, 0.6) is 0 Å². The van der Waals surface area contributed by atoms with Crippen LogP contribution in [0, 0.1) is 28.1 Å². The van der Waals surface area contributed by atoms with E-state index in [0.717, 1.165) is 49.6 Å². The molecule has 9 heteroatoms. The van der Waals surface area contributed by atoms with E-state index < -0.39 is 23.4 Å². The lowest BCUT2D eigenvalue weighted by atomic mass is 9.95. The molecule has 2 aliphatic rings. The Morgan fingerprint density at radius 2 is 1.93 bits per heavy atom. The fourth-order valence-corrected chi connectivity index (χ4v) is 4.75. The van der Waals surface area contributed by atoms with Crippen molar-refractivity contribution in [2.24, 2.45) is 13.0 Å². The van der Waals surface area contributed by atoms with Gasteiger partial charge < -0.3 is 19.2 Å². The molecule has 3 heterocycles. The van der Waals surface area contributed by atoms with Gasteiger partial charge in [-0.05, 0) is 49.5 Å². The van der Waals surface area contributed by atoms with Crippen molar-refractivity contribution < 1.29 is 22.7 Å². The van der Waals surface area contributed by atoms with Gasteiger partial charge in [-0.25, -0.2) is 13.2 Å². The zero-order valence-corrected chi connectivity index (χ0v) is 17.5. The van der Waals surface area contributed by atoms with Gasteiger partial charge in [0.2, 0.25) is 5.91 Å². The number of carbonyl (C=O) groups is 1. The number of nitrogens with one attached hydrogen (secondary N) is 1. The summed E-state index contributed by atoms with van der Waals surface area (Å²) >= 11 is 5.47. The molecule has 1 aromatic carbocycles. The molecular weight excluding hydrogens is 415 g/mol. The Balaban J connectivity index is 1.51. The van der Waals surface area contributed by atoms with Crippen LogP contribution < -0.4 is 5.32 Å². The predicted octanol–water partition coefficient (Wildman–Crippen LogP) is 3.40. The Hall–Kier alpha value is -2.13. The summed E-state index contributed by atoms with van der Waals surface area (Å²) in [6, 6.07) is 1.73. The number of hydrogen-bond donors (Lipinski definition) is 1. The fraction of sp³-hybridized carbons (Fsp3) is 0.524. The SMILES string of the molecule is Cn1c(CC(=O)NCC2CCOCC2)c2n(c1=S)C[C@H](c1c(F)ccc(F)c1F)C2. The van der Waals surface area contributed by atoms with Crippen LogP contribution in [0.2, 0.25) is 0 Å². The second-order valence-corrected chi connectivity index (χ2v) is 8.41. The molecule has 0 spiro atoms. The van der Waals surface area contributed by atoms with Crippen LogP contribution in [0.3, 0.4) is 0 Å². The van der Waals surface area contributed by atoms with Crippen LogP contribution in [-0.4, -0.2) is 34.8 Å². The van der Waals surface area contributed by atoms with Crippen LogP contribution in [0.15, 0.2) is 12.1 Å². The van der Waals surface area contributed by atoms with E-state index in [2.05, 4.69) is 5.32 Å². The molecule has 0 bridgehead atoms. The predicted molar refractivity (Wildman–Crippen MR) is 107 cm³/mol. The molecule has 1 saturated heterocycles. The molecule has 1 aromatic heterocycles. The van der Waals surface area contributed by atoms with Gasteiger partial charge in [0.15, 0.2) is 16.4 Å². The second kappa shape index (κ2) is 8.55. The number of amides is 1. The van der Waals surface area contributed by atoms with Gasteiger partial charge in [-0.15, -0.1) is 0 Å². The first-order valence-corrected chi connectivity index (χ1v) is 10.5. The molecular formula is C21H24F3N3O2S. The summed E-state index contributed by atoms with van der Waals surface area (Å²) in [6.07, 6.45) is 2.29. The quantitative estimate of drug-likeness (QED) is 0.574. The van der Waals surface area contributed by atoms with E-state index in [1.165, 1.54) is 0 Å². The minimum atomic E-state index is -1.16. The van der Waals surface area contributed by atoms with Gasteiger partial charge in [-0.3, -0.25) is 4.79 Å². The molecule has 5 nitrogen and oxygen atoms in total. The molecule has 2 aromatic rings. The average molecular weight is 440 g/mol. The number of ether oxygens (including phenoxy) is 1. The summed E-state index contributed by atoms with van der Waals surface area (Å²) in [5.74, 6) is -3.27. The van der Waals surface area contributed by atoms with E-state index in [9.17, 15) is 18.0 Å². The van der Waals surface area contributed by atoms with E-state index in [1.807, 2.05) is 0 Å². The number of fused-ring (bicyclic) bond motifs is 1. The van der Waals surface area contributed by atoms with Crippen molar-refractivity contribution in [1.82, 2.24) is 14.5 Å². The first-order valence-electron chi connectivity index (χ1n) is 10.1. The van der Waals surface area contributed by atoms with Crippen molar-refractivity contribution in [3.63, 3.8) is 0 Å². The topological polar surface area (TPSA) is 48.2 Å². The summed E-state index contributed by atoms with van der Waals surface area (Å²) in [5, 5.41) is 2.98. The van der Waals surface area contributed by atoms with Gasteiger partial charge in [0.1, 0.15) is 5.82 Å². The summed E-state index contributed by atoms with van der Waals surface area (Å²) in [7, 11) is 1.78. The molecule has 1 amide bonds. The lowest BCUT2D eigenvalue weighted by Crippen LogP contribution is -2.33. The Morgan fingerprint density at radius 1 is 1.23 bits per heavy atom. The summed E-state index contributed by atoms with van der Waals surface area (Å²) in [5.41, 5.74) is 1.24. The molecule has 1 N–H and O–H groups in total. The molecule has 1 fully saturated rings. The van der Waals surface area contributed by atoms with Crippen LogP contribution >= 0.6 is 12.2 Å². The fourth-order valence-electron chi connectivity index (χ4n) is 4.45. The minimum absolute atomic E-state index is 0.118. The lowest BCUT2D eigenvalue weighted by Gasteiger charge is -2.22. The highest BCUT2D eigenvalue weighted by atomic mass is 32.1. The van der Waals surface area contributed by atoms with Gasteiger partial charge in [0.25, 0.3) is 0 Å². The number of imidazole rings is 1. The maximum absolute atomic E-state index is 14.3. The highest BCUT2D eigenvalue weighted by molar-refractivity contribution is 7.71. The van der Waals surface area contributed by atoms with Gasteiger partial charge in [0, 0.05) is 56.2 Å². The minimum Gasteiger partial charge on any atom is -0.381 e. The van der Waals surface area contributed by atoms with E-state index in [0.29, 0.717) is 23.7 Å². The van der Waals surface area contributed by atoms with Crippen molar-refractivity contribution in [1.29, 1.82) is 0 Å². The molecule has 0 saturated carbocycles. The van der Waals surface area contributed by atoms with E-state index in [-0.39, 0.29) is 24.4 Å². The van der Waals surface area contributed by atoms with Crippen molar-refractivity contribution in [3.05, 3.63) is 51.3 Å². The number of benzene rings is 1. The number of rotatable bonds is 5. The van der Waals surface area contributed by atoms with E-state index in [4.69, 9.17) is 17.0 Å². The third kappa shape index (κ3) is 3.92. The number of carbonyl (C=O) groups excluding carboxylic acids is 1.